The van der Waals surface area contributed by atoms with Gasteiger partial charge in [-0.25, -0.2) is 22.8 Å². The van der Waals surface area contributed by atoms with Crippen molar-refractivity contribution in [1.29, 1.82) is 0 Å². The third-order valence-electron chi connectivity index (χ3n) is 8.29. The van der Waals surface area contributed by atoms with Gasteiger partial charge in [-0.2, -0.15) is 13.2 Å². The number of sulfonamides is 1. The monoisotopic (exact) mass is 637 g/mol. The van der Waals surface area contributed by atoms with Crippen LogP contribution in [0.2, 0.25) is 11.8 Å². The van der Waals surface area contributed by atoms with Gasteiger partial charge in [0, 0.05) is 37.4 Å². The lowest BCUT2D eigenvalue weighted by atomic mass is 9.77. The van der Waals surface area contributed by atoms with Crippen molar-refractivity contribution in [2.75, 3.05) is 29.7 Å². The molecule has 0 amide bonds. The number of likely N-dealkylation sites (N-methyl/N-ethyl adjacent to an activating group) is 1. The Morgan fingerprint density at radius 2 is 1.91 bits per heavy atom. The third-order valence-corrected chi connectivity index (χ3v) is 10.4. The molecule has 3 atom stereocenters. The summed E-state index contributed by atoms with van der Waals surface area (Å²) in [4.78, 5) is 9.35. The first-order chi connectivity index (χ1) is 20.4. The van der Waals surface area contributed by atoms with E-state index in [1.807, 2.05) is 7.05 Å². The van der Waals surface area contributed by atoms with Crippen molar-refractivity contribution in [3.63, 3.8) is 0 Å². The molecule has 2 aromatic carbocycles. The Morgan fingerprint density at radius 1 is 1.14 bits per heavy atom. The molecule has 3 aromatic rings. The van der Waals surface area contributed by atoms with E-state index in [9.17, 15) is 21.6 Å². The quantitative estimate of drug-likeness (QED) is 0.247. The van der Waals surface area contributed by atoms with Gasteiger partial charge in [0.15, 0.2) is 0 Å². The molecule has 1 aromatic heterocycles. The second-order valence-corrected chi connectivity index (χ2v) is 13.0. The molecule has 2 fully saturated rings. The van der Waals surface area contributed by atoms with E-state index in [0.717, 1.165) is 35.5 Å². The normalized spacial score (nSPS) is 21.3. The van der Waals surface area contributed by atoms with Crippen molar-refractivity contribution in [2.24, 2.45) is 0 Å². The van der Waals surface area contributed by atoms with Gasteiger partial charge < -0.3 is 14.8 Å². The summed E-state index contributed by atoms with van der Waals surface area (Å²) in [7, 11) is -1.14. The lowest BCUT2D eigenvalue weighted by Crippen LogP contribution is -2.62. The molecule has 0 spiro atoms. The second-order valence-electron chi connectivity index (χ2n) is 10.8. The highest BCUT2D eigenvalue weighted by atomic mass is 35.5. The van der Waals surface area contributed by atoms with Gasteiger partial charge in [0.25, 0.3) is 17.4 Å². The standard InChI is InChI=1S/C28H31BClF4N6O2S/c1-29-40(27-8-9-35-16-37-27)43(41,42)26-12-21(30)24(13-22(26)31)38-23-7-6-18(11-25(23)39(2)20-14-36-15-20)17-4-3-5-19(10-17)28(32,33)34/h3-5,8-10,12-13,16,18,20,23,25,36,38H,6-7,11,14-15H2,1-2H3/t18-,23-,25-/m0/s1. The highest BCUT2D eigenvalue weighted by Gasteiger charge is 2.39. The average Bonchev–Trinajstić information content (AvgIpc) is 2.94. The minimum absolute atomic E-state index is 0.0189. The fraction of sp³-hybridized carbons (Fsp3) is 0.429. The summed E-state index contributed by atoms with van der Waals surface area (Å²) in [6.07, 6.45) is -0.0890. The first-order valence-corrected chi connectivity index (χ1v) is 15.7. The van der Waals surface area contributed by atoms with Crippen LogP contribution in [-0.2, 0) is 16.2 Å². The lowest BCUT2D eigenvalue weighted by molar-refractivity contribution is -0.137. The zero-order valence-electron chi connectivity index (χ0n) is 23.5. The molecule has 0 unspecified atom stereocenters. The Bertz CT molecular complexity index is 1550. The van der Waals surface area contributed by atoms with Crippen LogP contribution >= 0.6 is 11.6 Å². The molecule has 1 radical (unpaired) electrons. The SMILES string of the molecule is C[B]N(c1ccncn1)S(=O)(=O)c1cc(Cl)c(N[C@H]2CC[C@H](c3cccc(C(F)(F)F)c3)C[C@@H]2N(C)C2CNC2)cc1F. The number of nitrogens with one attached hydrogen (secondary N) is 2. The molecule has 1 aliphatic heterocycles. The predicted molar refractivity (Wildman–Crippen MR) is 158 cm³/mol. The molecule has 1 aliphatic carbocycles. The van der Waals surface area contributed by atoms with Crippen molar-refractivity contribution in [2.45, 2.75) is 61.2 Å². The highest BCUT2D eigenvalue weighted by Crippen LogP contribution is 2.40. The molecular weight excluding hydrogens is 607 g/mol. The number of hydrogen-bond donors (Lipinski definition) is 2. The van der Waals surface area contributed by atoms with E-state index >= 15 is 4.39 Å². The first kappa shape index (κ1) is 31.5. The van der Waals surface area contributed by atoms with Crippen molar-refractivity contribution < 1.29 is 26.0 Å². The summed E-state index contributed by atoms with van der Waals surface area (Å²) in [6.45, 7) is 3.05. The number of rotatable bonds is 9. The zero-order valence-corrected chi connectivity index (χ0v) is 25.1. The Kier molecular flexibility index (Phi) is 9.22. The molecule has 15 heteroatoms. The van der Waals surface area contributed by atoms with Crippen molar-refractivity contribution in [1.82, 2.24) is 20.2 Å². The summed E-state index contributed by atoms with van der Waals surface area (Å²) >= 11 is 6.56. The number of alkyl halides is 3. The minimum atomic E-state index is -4.43. The Balaban J connectivity index is 1.40. The molecule has 0 bridgehead atoms. The van der Waals surface area contributed by atoms with E-state index in [0.29, 0.717) is 24.8 Å². The maximum atomic E-state index is 15.5. The van der Waals surface area contributed by atoms with E-state index in [1.165, 1.54) is 45.0 Å². The molecular formula is C28H31BClF4N6O2S. The van der Waals surface area contributed by atoms with Crippen LogP contribution in [0.15, 0.2) is 59.9 Å². The van der Waals surface area contributed by atoms with Crippen LogP contribution in [0.25, 0.3) is 0 Å². The van der Waals surface area contributed by atoms with Crippen LogP contribution in [0.4, 0.5) is 29.1 Å². The highest BCUT2D eigenvalue weighted by molar-refractivity contribution is 7.94. The smallest absolute Gasteiger partial charge is 0.379 e. The van der Waals surface area contributed by atoms with Crippen LogP contribution in [0.1, 0.15) is 36.3 Å². The molecule has 2 aliphatic rings. The minimum Gasteiger partial charge on any atom is -0.379 e. The Morgan fingerprint density at radius 3 is 2.53 bits per heavy atom. The van der Waals surface area contributed by atoms with Crippen molar-refractivity contribution in [3.8, 4) is 0 Å². The van der Waals surface area contributed by atoms with Crippen LogP contribution in [0.3, 0.4) is 0 Å². The maximum Gasteiger partial charge on any atom is 0.416 e. The van der Waals surface area contributed by atoms with Crippen LogP contribution in [0.5, 0.6) is 0 Å². The summed E-state index contributed by atoms with van der Waals surface area (Å²) in [5.74, 6) is -1.04. The number of aromatic nitrogens is 2. The van der Waals surface area contributed by atoms with Crippen molar-refractivity contribution >= 4 is 40.5 Å². The van der Waals surface area contributed by atoms with Crippen LogP contribution in [0, 0.1) is 5.82 Å². The molecule has 1 saturated carbocycles. The zero-order chi connectivity index (χ0) is 30.9. The second kappa shape index (κ2) is 12.6. The van der Waals surface area contributed by atoms with Gasteiger partial charge in [-0.3, -0.25) is 4.90 Å². The van der Waals surface area contributed by atoms with Gasteiger partial charge in [0.2, 0.25) is 0 Å². The molecule has 2 N–H and O–H groups in total. The van der Waals surface area contributed by atoms with E-state index < -0.39 is 32.5 Å². The largest absolute Gasteiger partial charge is 0.416 e. The van der Waals surface area contributed by atoms with Gasteiger partial charge in [-0.15, -0.1) is 0 Å². The first-order valence-electron chi connectivity index (χ1n) is 13.9. The fourth-order valence-electron chi connectivity index (χ4n) is 5.82. The van der Waals surface area contributed by atoms with E-state index in [4.69, 9.17) is 11.6 Å². The summed E-state index contributed by atoms with van der Waals surface area (Å²) in [6, 6.07) is 8.94. The number of anilines is 2. The molecule has 229 valence electrons. The molecule has 2 heterocycles. The molecule has 1 saturated heterocycles. The van der Waals surface area contributed by atoms with Crippen molar-refractivity contribution in [3.05, 3.63) is 77.0 Å². The number of nitrogens with zero attached hydrogens (tertiary/aromatic N) is 4. The molecule has 5 rings (SSSR count). The van der Waals surface area contributed by atoms with Gasteiger partial charge in [0.05, 0.1) is 16.3 Å². The van der Waals surface area contributed by atoms with E-state index in [1.54, 1.807) is 6.07 Å². The van der Waals surface area contributed by atoms with Gasteiger partial charge in [-0.05, 0) is 62.1 Å². The maximum absolute atomic E-state index is 15.5. The third kappa shape index (κ3) is 6.62. The number of hydrogen-bond acceptors (Lipinski definition) is 7. The number of halogens is 5. The van der Waals surface area contributed by atoms with Crippen LogP contribution in [-0.4, -0.2) is 69.0 Å². The van der Waals surface area contributed by atoms with Crippen LogP contribution < -0.4 is 14.8 Å². The fourth-order valence-corrected chi connectivity index (χ4v) is 7.52. The summed E-state index contributed by atoms with van der Waals surface area (Å²) in [5, 5.41) is 6.60. The van der Waals surface area contributed by atoms with E-state index in [-0.39, 0.29) is 40.6 Å². The van der Waals surface area contributed by atoms with Gasteiger partial charge in [0.1, 0.15) is 22.9 Å². The number of benzene rings is 2. The topological polar surface area (TPSA) is 90.5 Å². The van der Waals surface area contributed by atoms with E-state index in [2.05, 4.69) is 25.5 Å². The average molecular weight is 638 g/mol. The Labute approximate surface area is 254 Å². The Hall–Kier alpha value is -2.94. The van der Waals surface area contributed by atoms with Gasteiger partial charge in [-0.1, -0.05) is 36.6 Å². The molecule has 43 heavy (non-hydrogen) atoms. The molecule has 8 nitrogen and oxygen atoms in total. The van der Waals surface area contributed by atoms with Gasteiger partial charge >= 0.3 is 6.18 Å². The predicted octanol–water partition coefficient (Wildman–Crippen LogP) is 5.17. The summed E-state index contributed by atoms with van der Waals surface area (Å²) < 4.78 is 83.3. The lowest BCUT2D eigenvalue weighted by Gasteiger charge is -2.47. The summed E-state index contributed by atoms with van der Waals surface area (Å²) in [5.41, 5.74) is 0.201.